The first-order chi connectivity index (χ1) is 8.49. The van der Waals surface area contributed by atoms with E-state index >= 15 is 0 Å². The second-order valence-corrected chi connectivity index (χ2v) is 5.23. The first kappa shape index (κ1) is 13.3. The van der Waals surface area contributed by atoms with E-state index in [1.54, 1.807) is 19.1 Å². The predicted molar refractivity (Wildman–Crippen MR) is 78.7 cm³/mol. The molecule has 7 heteroatoms. The summed E-state index contributed by atoms with van der Waals surface area (Å²) in [5, 5.41) is 0.478. The van der Waals surface area contributed by atoms with Gasteiger partial charge in [-0.2, -0.15) is 0 Å². The van der Waals surface area contributed by atoms with Crippen LogP contribution < -0.4 is 11.3 Å². The van der Waals surface area contributed by atoms with Gasteiger partial charge in [-0.25, -0.2) is 9.97 Å². The number of anilines is 1. The van der Waals surface area contributed by atoms with E-state index < -0.39 is 0 Å². The molecule has 2 aromatic heterocycles. The van der Waals surface area contributed by atoms with E-state index in [0.29, 0.717) is 25.8 Å². The van der Waals surface area contributed by atoms with Crippen molar-refractivity contribution in [2.24, 2.45) is 0 Å². The minimum Gasteiger partial charge on any atom is -0.384 e. The van der Waals surface area contributed by atoms with E-state index in [2.05, 4.69) is 9.97 Å². The number of halogens is 2. The number of aromatic nitrogens is 3. The molecule has 2 heterocycles. The average molecular weight is 377 g/mol. The van der Waals surface area contributed by atoms with Crippen molar-refractivity contribution in [1.29, 1.82) is 0 Å². The lowest BCUT2D eigenvalue weighted by Gasteiger charge is -2.08. The third-order valence-electron chi connectivity index (χ3n) is 2.42. The Kier molecular flexibility index (Phi) is 3.86. The van der Waals surface area contributed by atoms with E-state index in [1.807, 2.05) is 22.6 Å². The third-order valence-corrected chi connectivity index (χ3v) is 4.00. The second kappa shape index (κ2) is 5.23. The molecule has 5 nitrogen and oxygen atoms in total. The Hall–Kier alpha value is -1.15. The predicted octanol–water partition coefficient (Wildman–Crippen LogP) is 1.84. The van der Waals surface area contributed by atoms with Gasteiger partial charge in [-0.05, 0) is 41.6 Å². The zero-order valence-electron chi connectivity index (χ0n) is 9.52. The Morgan fingerprint density at radius 3 is 2.94 bits per heavy atom. The van der Waals surface area contributed by atoms with Crippen LogP contribution in [0.2, 0.25) is 5.02 Å². The number of nitrogens with zero attached hydrogens (tertiary/aromatic N) is 3. The lowest BCUT2D eigenvalue weighted by molar-refractivity contribution is 0.709. The molecule has 0 aliphatic carbocycles. The zero-order valence-corrected chi connectivity index (χ0v) is 12.4. The topological polar surface area (TPSA) is 73.8 Å². The number of rotatable bonds is 2. The number of hydrogen-bond donors (Lipinski definition) is 1. The lowest BCUT2D eigenvalue weighted by atomic mass is 10.3. The molecular formula is C11H10ClIN4O. The average Bonchev–Trinajstić information content (AvgIpc) is 2.34. The van der Waals surface area contributed by atoms with Crippen LogP contribution in [0.4, 0.5) is 5.82 Å². The van der Waals surface area contributed by atoms with Crippen LogP contribution >= 0.6 is 34.2 Å². The van der Waals surface area contributed by atoms with E-state index in [0.717, 1.165) is 0 Å². The van der Waals surface area contributed by atoms with Gasteiger partial charge < -0.3 is 5.73 Å². The molecule has 2 aromatic rings. The van der Waals surface area contributed by atoms with Crippen LogP contribution in [0.5, 0.6) is 0 Å². The molecule has 0 aromatic carbocycles. The fourth-order valence-electron chi connectivity index (χ4n) is 1.43. The Morgan fingerprint density at radius 2 is 2.22 bits per heavy atom. The van der Waals surface area contributed by atoms with E-state index in [4.69, 9.17) is 17.3 Å². The van der Waals surface area contributed by atoms with Crippen molar-refractivity contribution in [3.63, 3.8) is 0 Å². The van der Waals surface area contributed by atoms with Crippen molar-refractivity contribution >= 4 is 40.0 Å². The number of hydrogen-bond acceptors (Lipinski definition) is 4. The number of nitrogen functional groups attached to an aromatic ring is 1. The summed E-state index contributed by atoms with van der Waals surface area (Å²) in [4.78, 5) is 20.3. The van der Waals surface area contributed by atoms with Gasteiger partial charge in [0.1, 0.15) is 5.82 Å². The van der Waals surface area contributed by atoms with E-state index in [1.165, 1.54) is 10.9 Å². The highest BCUT2D eigenvalue weighted by atomic mass is 127. The quantitative estimate of drug-likeness (QED) is 0.812. The minimum absolute atomic E-state index is 0.108. The van der Waals surface area contributed by atoms with Gasteiger partial charge >= 0.3 is 0 Å². The maximum absolute atomic E-state index is 12.0. The van der Waals surface area contributed by atoms with Crippen molar-refractivity contribution in [2.45, 2.75) is 13.5 Å². The molecule has 0 aliphatic heterocycles. The standard InChI is InChI=1S/C11H10ClIN4O/c1-6-10(13)11(18)17(5-15-6)4-8-7(12)2-3-9(14)16-8/h2-3,5H,4H2,1H3,(H2,14,16). The van der Waals surface area contributed by atoms with Crippen LogP contribution in [-0.4, -0.2) is 14.5 Å². The summed E-state index contributed by atoms with van der Waals surface area (Å²) in [6.45, 7) is 2.05. The number of pyridine rings is 1. The van der Waals surface area contributed by atoms with Crippen molar-refractivity contribution in [3.05, 3.63) is 48.8 Å². The van der Waals surface area contributed by atoms with Gasteiger partial charge in [-0.1, -0.05) is 11.6 Å². The Balaban J connectivity index is 2.44. The summed E-state index contributed by atoms with van der Waals surface area (Å²) in [5.74, 6) is 0.372. The molecule has 0 saturated carbocycles. The van der Waals surface area contributed by atoms with Crippen molar-refractivity contribution in [1.82, 2.24) is 14.5 Å². The van der Waals surface area contributed by atoms with Crippen molar-refractivity contribution in [3.8, 4) is 0 Å². The molecule has 0 unspecified atom stereocenters. The maximum atomic E-state index is 12.0. The molecule has 0 spiro atoms. The summed E-state index contributed by atoms with van der Waals surface area (Å²) in [6, 6.07) is 3.28. The largest absolute Gasteiger partial charge is 0.384 e. The van der Waals surface area contributed by atoms with Crippen LogP contribution in [0, 0.1) is 10.5 Å². The molecule has 0 radical (unpaired) electrons. The highest BCUT2D eigenvalue weighted by Crippen LogP contribution is 2.16. The van der Waals surface area contributed by atoms with Gasteiger partial charge in [0.2, 0.25) is 0 Å². The van der Waals surface area contributed by atoms with Gasteiger partial charge in [0.05, 0.1) is 32.9 Å². The van der Waals surface area contributed by atoms with Crippen LogP contribution in [0.15, 0.2) is 23.3 Å². The molecule has 0 atom stereocenters. The molecule has 2 rings (SSSR count). The van der Waals surface area contributed by atoms with Gasteiger partial charge in [0.25, 0.3) is 5.56 Å². The van der Waals surface area contributed by atoms with Gasteiger partial charge in [0.15, 0.2) is 0 Å². The molecular weight excluding hydrogens is 367 g/mol. The third kappa shape index (κ3) is 2.64. The SMILES string of the molecule is Cc1ncn(Cc2nc(N)ccc2Cl)c(=O)c1I. The Morgan fingerprint density at radius 1 is 1.50 bits per heavy atom. The molecule has 0 fully saturated rings. The number of aryl methyl sites for hydroxylation is 1. The fraction of sp³-hybridized carbons (Fsp3) is 0.182. The van der Waals surface area contributed by atoms with E-state index in [-0.39, 0.29) is 12.1 Å². The summed E-state index contributed by atoms with van der Waals surface area (Å²) in [5.41, 5.74) is 6.76. The minimum atomic E-state index is -0.108. The Labute approximate surface area is 122 Å². The Bertz CT molecular complexity index is 656. The molecule has 18 heavy (non-hydrogen) atoms. The van der Waals surface area contributed by atoms with Gasteiger partial charge in [0, 0.05) is 0 Å². The van der Waals surface area contributed by atoms with Crippen LogP contribution in [0.1, 0.15) is 11.4 Å². The van der Waals surface area contributed by atoms with E-state index in [9.17, 15) is 4.79 Å². The number of nitrogens with two attached hydrogens (primary N) is 1. The summed E-state index contributed by atoms with van der Waals surface area (Å²) in [6.07, 6.45) is 1.49. The maximum Gasteiger partial charge on any atom is 0.267 e. The highest BCUT2D eigenvalue weighted by Gasteiger charge is 2.09. The summed E-state index contributed by atoms with van der Waals surface area (Å²) < 4.78 is 2.05. The lowest BCUT2D eigenvalue weighted by Crippen LogP contribution is -2.25. The first-order valence-corrected chi connectivity index (χ1v) is 6.57. The second-order valence-electron chi connectivity index (χ2n) is 3.74. The molecule has 0 aliphatic rings. The molecule has 0 amide bonds. The smallest absolute Gasteiger partial charge is 0.267 e. The molecule has 2 N–H and O–H groups in total. The molecule has 0 saturated heterocycles. The zero-order chi connectivity index (χ0) is 13.3. The van der Waals surface area contributed by atoms with Crippen LogP contribution in [-0.2, 0) is 6.54 Å². The summed E-state index contributed by atoms with van der Waals surface area (Å²) in [7, 11) is 0. The first-order valence-electron chi connectivity index (χ1n) is 5.11. The van der Waals surface area contributed by atoms with Crippen LogP contribution in [0.25, 0.3) is 0 Å². The molecule has 0 bridgehead atoms. The van der Waals surface area contributed by atoms with Crippen molar-refractivity contribution < 1.29 is 0 Å². The highest BCUT2D eigenvalue weighted by molar-refractivity contribution is 14.1. The monoisotopic (exact) mass is 376 g/mol. The van der Waals surface area contributed by atoms with Crippen LogP contribution in [0.3, 0.4) is 0 Å². The summed E-state index contributed by atoms with van der Waals surface area (Å²) >= 11 is 7.99. The van der Waals surface area contributed by atoms with Gasteiger partial charge in [-0.3, -0.25) is 9.36 Å². The van der Waals surface area contributed by atoms with Gasteiger partial charge in [-0.15, -0.1) is 0 Å². The molecule has 94 valence electrons. The fourth-order valence-corrected chi connectivity index (χ4v) is 2.05. The normalized spacial score (nSPS) is 10.6. The van der Waals surface area contributed by atoms with Crippen molar-refractivity contribution in [2.75, 3.05) is 5.73 Å².